The maximum atomic E-state index is 12.4. The lowest BCUT2D eigenvalue weighted by atomic mass is 10.1. The first-order valence-electron chi connectivity index (χ1n) is 7.50. The number of aryl methyl sites for hydroxylation is 1. The van der Waals surface area contributed by atoms with Crippen LogP contribution in [0.4, 0.5) is 5.69 Å². The highest BCUT2D eigenvalue weighted by molar-refractivity contribution is 6.36. The van der Waals surface area contributed by atoms with E-state index in [9.17, 15) is 4.79 Å². The number of likely N-dealkylation sites (N-methyl/N-ethyl adjacent to an activating group) is 1. The van der Waals surface area contributed by atoms with E-state index in [2.05, 4.69) is 36.5 Å². The smallest absolute Gasteiger partial charge is 0.282 e. The highest BCUT2D eigenvalue weighted by Crippen LogP contribution is 2.25. The summed E-state index contributed by atoms with van der Waals surface area (Å²) in [6.45, 7) is 4.75. The Morgan fingerprint density at radius 2 is 1.83 bits per heavy atom. The van der Waals surface area contributed by atoms with E-state index in [1.54, 1.807) is 18.2 Å². The lowest BCUT2D eigenvalue weighted by molar-refractivity contribution is -0.907. The Morgan fingerprint density at radius 1 is 1.17 bits per heavy atom. The normalized spacial score (nSPS) is 13.4. The van der Waals surface area contributed by atoms with Crippen LogP contribution >= 0.6 is 23.2 Å². The number of rotatable bonds is 5. The summed E-state index contributed by atoms with van der Waals surface area (Å²) in [6.07, 6.45) is 0. The van der Waals surface area contributed by atoms with Crippen LogP contribution in [0.2, 0.25) is 10.0 Å². The highest BCUT2D eigenvalue weighted by Gasteiger charge is 2.22. The number of benzene rings is 2. The van der Waals surface area contributed by atoms with Gasteiger partial charge in [0, 0.05) is 10.6 Å². The molecule has 0 aliphatic rings. The van der Waals surface area contributed by atoms with E-state index >= 15 is 0 Å². The van der Waals surface area contributed by atoms with Crippen LogP contribution in [-0.2, 0) is 11.3 Å². The van der Waals surface area contributed by atoms with Gasteiger partial charge in [-0.15, -0.1) is 0 Å². The van der Waals surface area contributed by atoms with E-state index in [0.29, 0.717) is 15.7 Å². The van der Waals surface area contributed by atoms with Crippen molar-refractivity contribution in [3.05, 3.63) is 63.6 Å². The zero-order valence-electron chi connectivity index (χ0n) is 13.5. The second-order valence-electron chi connectivity index (χ2n) is 5.84. The van der Waals surface area contributed by atoms with Gasteiger partial charge < -0.3 is 10.2 Å². The Bertz CT molecular complexity index is 686. The molecule has 0 fully saturated rings. The van der Waals surface area contributed by atoms with Crippen molar-refractivity contribution in [1.29, 1.82) is 0 Å². The molecule has 2 aromatic rings. The van der Waals surface area contributed by atoms with E-state index < -0.39 is 0 Å². The molecule has 0 aliphatic heterocycles. The van der Waals surface area contributed by atoms with Crippen molar-refractivity contribution in [2.24, 2.45) is 0 Å². The van der Waals surface area contributed by atoms with E-state index in [-0.39, 0.29) is 11.9 Å². The maximum absolute atomic E-state index is 12.4. The number of hydrogen-bond donors (Lipinski definition) is 2. The zero-order valence-corrected chi connectivity index (χ0v) is 15.0. The molecule has 0 saturated heterocycles. The van der Waals surface area contributed by atoms with Gasteiger partial charge in [0.1, 0.15) is 6.54 Å². The van der Waals surface area contributed by atoms with Gasteiger partial charge in [0.2, 0.25) is 0 Å². The van der Waals surface area contributed by atoms with Crippen LogP contribution in [-0.4, -0.2) is 19.0 Å². The summed E-state index contributed by atoms with van der Waals surface area (Å²) in [4.78, 5) is 13.5. The molecule has 0 saturated carbocycles. The first-order valence-corrected chi connectivity index (χ1v) is 8.26. The topological polar surface area (TPSA) is 33.5 Å². The molecule has 0 aliphatic carbocycles. The van der Waals surface area contributed by atoms with Gasteiger partial charge in [-0.3, -0.25) is 4.79 Å². The minimum Gasteiger partial charge on any atom is -0.324 e. The van der Waals surface area contributed by atoms with Gasteiger partial charge in [0.25, 0.3) is 5.91 Å². The number of carbonyl (C=O) groups excluding carboxylic acids is 1. The lowest BCUT2D eigenvalue weighted by Crippen LogP contribution is -3.12. The van der Waals surface area contributed by atoms with E-state index in [1.165, 1.54) is 11.1 Å². The molecule has 23 heavy (non-hydrogen) atoms. The van der Waals surface area contributed by atoms with E-state index in [0.717, 1.165) is 11.4 Å². The molecular weight excluding hydrogens is 331 g/mol. The SMILES string of the molecule is Cc1ccc(C[NH+](C)[C@@H](C)C(=O)Nc2ccc(Cl)cc2Cl)cc1. The van der Waals surface area contributed by atoms with Crippen LogP contribution in [0.25, 0.3) is 0 Å². The molecule has 1 unspecified atom stereocenters. The molecule has 0 radical (unpaired) electrons. The molecule has 5 heteroatoms. The van der Waals surface area contributed by atoms with Gasteiger partial charge >= 0.3 is 0 Å². The Kier molecular flexibility index (Phi) is 6.05. The Morgan fingerprint density at radius 3 is 2.43 bits per heavy atom. The van der Waals surface area contributed by atoms with Crippen LogP contribution in [0.1, 0.15) is 18.1 Å². The number of quaternary nitrogens is 1. The summed E-state index contributed by atoms with van der Waals surface area (Å²) in [5.74, 6) is -0.0705. The standard InChI is InChI=1S/C18H20Cl2N2O/c1-12-4-6-14(7-5-12)11-22(3)13(2)18(23)21-17-9-8-15(19)10-16(17)20/h4-10,13H,11H2,1-3H3,(H,21,23)/p+1/t13-/m0/s1. The number of anilines is 1. The lowest BCUT2D eigenvalue weighted by Gasteiger charge is -2.21. The average Bonchev–Trinajstić information content (AvgIpc) is 2.51. The molecule has 2 aromatic carbocycles. The van der Waals surface area contributed by atoms with Crippen molar-refractivity contribution in [2.45, 2.75) is 26.4 Å². The second-order valence-corrected chi connectivity index (χ2v) is 6.69. The van der Waals surface area contributed by atoms with Crippen molar-refractivity contribution >= 4 is 34.8 Å². The second kappa shape index (κ2) is 7.82. The van der Waals surface area contributed by atoms with E-state index in [4.69, 9.17) is 23.2 Å². The molecule has 0 bridgehead atoms. The summed E-state index contributed by atoms with van der Waals surface area (Å²) in [5.41, 5.74) is 3.02. The number of amides is 1. The minimum atomic E-state index is -0.206. The van der Waals surface area contributed by atoms with Crippen molar-refractivity contribution in [3.63, 3.8) is 0 Å². The number of halogens is 2. The van der Waals surface area contributed by atoms with Crippen LogP contribution in [0.15, 0.2) is 42.5 Å². The molecule has 2 N–H and O–H groups in total. The summed E-state index contributed by atoms with van der Waals surface area (Å²) < 4.78 is 0. The fourth-order valence-electron chi connectivity index (χ4n) is 2.24. The van der Waals surface area contributed by atoms with Gasteiger partial charge in [-0.25, -0.2) is 0 Å². The molecule has 2 rings (SSSR count). The van der Waals surface area contributed by atoms with E-state index in [1.807, 2.05) is 14.0 Å². The third-order valence-electron chi connectivity index (χ3n) is 3.93. The Balaban J connectivity index is 1.99. The predicted octanol–water partition coefficient (Wildman–Crippen LogP) is 3.34. The quantitative estimate of drug-likeness (QED) is 0.850. The minimum absolute atomic E-state index is 0.0705. The summed E-state index contributed by atoms with van der Waals surface area (Å²) in [5, 5.41) is 3.85. The predicted molar refractivity (Wildman–Crippen MR) is 96.3 cm³/mol. The summed E-state index contributed by atoms with van der Waals surface area (Å²) in [6, 6.07) is 13.2. The largest absolute Gasteiger partial charge is 0.324 e. The average molecular weight is 352 g/mol. The van der Waals surface area contributed by atoms with Gasteiger partial charge in [-0.1, -0.05) is 53.0 Å². The Labute approximate surface area is 147 Å². The molecule has 2 atom stereocenters. The number of nitrogens with one attached hydrogen (secondary N) is 2. The molecule has 3 nitrogen and oxygen atoms in total. The monoisotopic (exact) mass is 351 g/mol. The molecular formula is C18H21Cl2N2O+. The van der Waals surface area contributed by atoms with Gasteiger partial charge in [-0.2, -0.15) is 0 Å². The van der Waals surface area contributed by atoms with Crippen LogP contribution in [0, 0.1) is 6.92 Å². The van der Waals surface area contributed by atoms with Crippen LogP contribution < -0.4 is 10.2 Å². The third kappa shape index (κ3) is 4.96. The fraction of sp³-hybridized carbons (Fsp3) is 0.278. The van der Waals surface area contributed by atoms with Crippen LogP contribution in [0.5, 0.6) is 0 Å². The van der Waals surface area contributed by atoms with Crippen molar-refractivity contribution in [2.75, 3.05) is 12.4 Å². The highest BCUT2D eigenvalue weighted by atomic mass is 35.5. The molecule has 0 spiro atoms. The summed E-state index contributed by atoms with van der Waals surface area (Å²) >= 11 is 12.0. The van der Waals surface area contributed by atoms with Crippen molar-refractivity contribution in [3.8, 4) is 0 Å². The van der Waals surface area contributed by atoms with Gasteiger partial charge in [0.05, 0.1) is 17.8 Å². The first kappa shape index (κ1) is 17.8. The molecule has 1 amide bonds. The third-order valence-corrected chi connectivity index (χ3v) is 4.47. The first-order chi connectivity index (χ1) is 10.9. The molecule has 0 aromatic heterocycles. The zero-order chi connectivity index (χ0) is 17.0. The van der Waals surface area contributed by atoms with Crippen molar-refractivity contribution < 1.29 is 9.69 Å². The van der Waals surface area contributed by atoms with Crippen LogP contribution in [0.3, 0.4) is 0 Å². The molecule has 0 heterocycles. The maximum Gasteiger partial charge on any atom is 0.282 e. The van der Waals surface area contributed by atoms with Crippen molar-refractivity contribution in [1.82, 2.24) is 0 Å². The number of carbonyl (C=O) groups is 1. The van der Waals surface area contributed by atoms with Gasteiger partial charge in [-0.05, 0) is 32.0 Å². The fourth-order valence-corrected chi connectivity index (χ4v) is 2.69. The Hall–Kier alpha value is -1.55. The summed E-state index contributed by atoms with van der Waals surface area (Å²) in [7, 11) is 2.01. The number of hydrogen-bond acceptors (Lipinski definition) is 1. The van der Waals surface area contributed by atoms with Gasteiger partial charge in [0.15, 0.2) is 6.04 Å². The molecule has 122 valence electrons.